The van der Waals surface area contributed by atoms with Gasteiger partial charge in [-0.15, -0.1) is 11.3 Å². The Bertz CT molecular complexity index is 305. The SMILES string of the molecule is CCNC(CC(C)C)c1sc(C)nc1C. The number of thiazole rings is 1. The lowest BCUT2D eigenvalue weighted by Crippen LogP contribution is -2.22. The number of nitrogens with one attached hydrogen (secondary N) is 1. The highest BCUT2D eigenvalue weighted by atomic mass is 32.1. The first-order chi connectivity index (χ1) is 7.04. The van der Waals surface area contributed by atoms with Crippen LogP contribution in [0, 0.1) is 19.8 Å². The van der Waals surface area contributed by atoms with Crippen molar-refractivity contribution in [2.45, 2.75) is 47.1 Å². The molecule has 1 heterocycles. The van der Waals surface area contributed by atoms with Crippen molar-refractivity contribution in [3.05, 3.63) is 15.6 Å². The Labute approximate surface area is 97.1 Å². The highest BCUT2D eigenvalue weighted by molar-refractivity contribution is 7.11. The zero-order chi connectivity index (χ0) is 11.4. The first-order valence-electron chi connectivity index (χ1n) is 5.71. The smallest absolute Gasteiger partial charge is 0.0900 e. The van der Waals surface area contributed by atoms with E-state index in [2.05, 4.69) is 44.9 Å². The fourth-order valence-corrected chi connectivity index (χ4v) is 2.89. The minimum absolute atomic E-state index is 0.487. The highest BCUT2D eigenvalue weighted by Gasteiger charge is 2.17. The molecular formula is C12H22N2S. The molecule has 0 aromatic carbocycles. The summed E-state index contributed by atoms with van der Waals surface area (Å²) in [7, 11) is 0. The summed E-state index contributed by atoms with van der Waals surface area (Å²) in [5, 5.41) is 4.73. The molecule has 0 saturated carbocycles. The molecule has 0 aliphatic carbocycles. The normalized spacial score (nSPS) is 13.5. The largest absolute Gasteiger partial charge is 0.309 e. The van der Waals surface area contributed by atoms with Crippen LogP contribution in [0.4, 0.5) is 0 Å². The predicted molar refractivity (Wildman–Crippen MR) is 67.5 cm³/mol. The molecule has 3 heteroatoms. The summed E-state index contributed by atoms with van der Waals surface area (Å²) in [4.78, 5) is 5.92. The molecule has 0 bridgehead atoms. The maximum Gasteiger partial charge on any atom is 0.0900 e. The summed E-state index contributed by atoms with van der Waals surface area (Å²) in [6.45, 7) is 11.9. The lowest BCUT2D eigenvalue weighted by atomic mass is 10.0. The molecule has 1 aromatic rings. The monoisotopic (exact) mass is 226 g/mol. The molecule has 86 valence electrons. The van der Waals surface area contributed by atoms with Gasteiger partial charge in [-0.3, -0.25) is 0 Å². The topological polar surface area (TPSA) is 24.9 Å². The van der Waals surface area contributed by atoms with Crippen molar-refractivity contribution >= 4 is 11.3 Å². The lowest BCUT2D eigenvalue weighted by Gasteiger charge is -2.19. The van der Waals surface area contributed by atoms with E-state index in [4.69, 9.17) is 0 Å². The van der Waals surface area contributed by atoms with Crippen LogP contribution in [-0.2, 0) is 0 Å². The molecule has 1 aromatic heterocycles. The summed E-state index contributed by atoms with van der Waals surface area (Å²) in [5.74, 6) is 0.718. The van der Waals surface area contributed by atoms with Crippen LogP contribution in [0.3, 0.4) is 0 Å². The molecule has 2 nitrogen and oxygen atoms in total. The maximum atomic E-state index is 4.50. The number of aryl methyl sites for hydroxylation is 2. The van der Waals surface area contributed by atoms with Crippen molar-refractivity contribution in [3.63, 3.8) is 0 Å². The van der Waals surface area contributed by atoms with Crippen LogP contribution < -0.4 is 5.32 Å². The molecule has 0 spiro atoms. The molecule has 0 saturated heterocycles. The van der Waals surface area contributed by atoms with E-state index in [-0.39, 0.29) is 0 Å². The quantitative estimate of drug-likeness (QED) is 0.831. The van der Waals surface area contributed by atoms with Gasteiger partial charge in [-0.2, -0.15) is 0 Å². The summed E-state index contributed by atoms with van der Waals surface area (Å²) in [6, 6.07) is 0.487. The molecule has 1 unspecified atom stereocenters. The number of hydrogen-bond acceptors (Lipinski definition) is 3. The van der Waals surface area contributed by atoms with Crippen LogP contribution in [0.25, 0.3) is 0 Å². The van der Waals surface area contributed by atoms with Crippen LogP contribution in [0.2, 0.25) is 0 Å². The average Bonchev–Trinajstić information content (AvgIpc) is 2.44. The predicted octanol–water partition coefficient (Wildman–Crippen LogP) is 3.46. The van der Waals surface area contributed by atoms with Gasteiger partial charge in [0.05, 0.1) is 10.7 Å². The lowest BCUT2D eigenvalue weighted by molar-refractivity contribution is 0.442. The van der Waals surface area contributed by atoms with Crippen molar-refractivity contribution < 1.29 is 0 Å². The number of hydrogen-bond donors (Lipinski definition) is 1. The molecule has 0 radical (unpaired) electrons. The van der Waals surface area contributed by atoms with Gasteiger partial charge in [0.2, 0.25) is 0 Å². The summed E-state index contributed by atoms with van der Waals surface area (Å²) >= 11 is 1.83. The van der Waals surface area contributed by atoms with E-state index in [1.807, 2.05) is 11.3 Å². The van der Waals surface area contributed by atoms with Crippen molar-refractivity contribution in [1.29, 1.82) is 0 Å². The van der Waals surface area contributed by atoms with Crippen LogP contribution >= 0.6 is 11.3 Å². The third kappa shape index (κ3) is 3.58. The van der Waals surface area contributed by atoms with E-state index in [0.717, 1.165) is 12.5 Å². The van der Waals surface area contributed by atoms with Gasteiger partial charge in [-0.1, -0.05) is 20.8 Å². The molecule has 1 rings (SSSR count). The molecule has 0 aliphatic rings. The Morgan fingerprint density at radius 3 is 2.40 bits per heavy atom. The second kappa shape index (κ2) is 5.61. The average molecular weight is 226 g/mol. The Morgan fingerprint density at radius 2 is 2.00 bits per heavy atom. The standard InChI is InChI=1S/C12H22N2S/c1-6-13-11(7-8(2)3)12-9(4)14-10(5)15-12/h8,11,13H,6-7H2,1-5H3. The van der Waals surface area contributed by atoms with E-state index >= 15 is 0 Å². The van der Waals surface area contributed by atoms with E-state index in [0.29, 0.717) is 6.04 Å². The Kier molecular flexibility index (Phi) is 4.74. The molecule has 1 N–H and O–H groups in total. The zero-order valence-corrected chi connectivity index (χ0v) is 11.2. The number of aromatic nitrogens is 1. The number of rotatable bonds is 5. The first kappa shape index (κ1) is 12.7. The molecular weight excluding hydrogens is 204 g/mol. The molecule has 15 heavy (non-hydrogen) atoms. The van der Waals surface area contributed by atoms with Crippen LogP contribution in [0.15, 0.2) is 0 Å². The fourth-order valence-electron chi connectivity index (χ4n) is 1.87. The van der Waals surface area contributed by atoms with E-state index in [9.17, 15) is 0 Å². The highest BCUT2D eigenvalue weighted by Crippen LogP contribution is 2.29. The van der Waals surface area contributed by atoms with Crippen LogP contribution in [-0.4, -0.2) is 11.5 Å². The van der Waals surface area contributed by atoms with Gasteiger partial charge >= 0.3 is 0 Å². The van der Waals surface area contributed by atoms with Crippen LogP contribution in [0.1, 0.15) is 48.8 Å². The third-order valence-electron chi connectivity index (χ3n) is 2.41. The Hall–Kier alpha value is -0.410. The van der Waals surface area contributed by atoms with Crippen LogP contribution in [0.5, 0.6) is 0 Å². The maximum absolute atomic E-state index is 4.50. The van der Waals surface area contributed by atoms with Gasteiger partial charge < -0.3 is 5.32 Å². The van der Waals surface area contributed by atoms with E-state index < -0.39 is 0 Å². The van der Waals surface area contributed by atoms with Gasteiger partial charge in [0, 0.05) is 10.9 Å². The fraction of sp³-hybridized carbons (Fsp3) is 0.750. The van der Waals surface area contributed by atoms with Crippen molar-refractivity contribution in [2.75, 3.05) is 6.54 Å². The molecule has 1 atom stereocenters. The molecule has 0 fully saturated rings. The zero-order valence-electron chi connectivity index (χ0n) is 10.4. The third-order valence-corrected chi connectivity index (χ3v) is 3.60. The summed E-state index contributed by atoms with van der Waals surface area (Å²) in [6.07, 6.45) is 1.19. The van der Waals surface area contributed by atoms with Gasteiger partial charge in [0.25, 0.3) is 0 Å². The first-order valence-corrected chi connectivity index (χ1v) is 6.53. The van der Waals surface area contributed by atoms with Gasteiger partial charge in [0.15, 0.2) is 0 Å². The van der Waals surface area contributed by atoms with Gasteiger partial charge in [0.1, 0.15) is 0 Å². The minimum atomic E-state index is 0.487. The summed E-state index contributed by atoms with van der Waals surface area (Å²) in [5.41, 5.74) is 1.20. The Morgan fingerprint density at radius 1 is 1.33 bits per heavy atom. The van der Waals surface area contributed by atoms with Gasteiger partial charge in [-0.05, 0) is 32.7 Å². The van der Waals surface area contributed by atoms with E-state index in [1.165, 1.54) is 22.0 Å². The molecule has 0 amide bonds. The summed E-state index contributed by atoms with van der Waals surface area (Å²) < 4.78 is 0. The second-order valence-electron chi connectivity index (χ2n) is 4.42. The van der Waals surface area contributed by atoms with Crippen molar-refractivity contribution in [3.8, 4) is 0 Å². The molecule has 0 aliphatic heterocycles. The van der Waals surface area contributed by atoms with Crippen molar-refractivity contribution in [1.82, 2.24) is 10.3 Å². The van der Waals surface area contributed by atoms with Crippen molar-refractivity contribution in [2.24, 2.45) is 5.92 Å². The van der Waals surface area contributed by atoms with Gasteiger partial charge in [-0.25, -0.2) is 4.98 Å². The van der Waals surface area contributed by atoms with E-state index in [1.54, 1.807) is 0 Å². The Balaban J connectivity index is 2.83. The number of nitrogens with zero attached hydrogens (tertiary/aromatic N) is 1. The minimum Gasteiger partial charge on any atom is -0.309 e. The second-order valence-corrected chi connectivity index (χ2v) is 5.66.